The molecule has 2 aromatic rings. The van der Waals surface area contributed by atoms with Gasteiger partial charge in [-0.15, -0.1) is 0 Å². The molecule has 34 heavy (non-hydrogen) atoms. The first-order valence-electron chi connectivity index (χ1n) is 11.9. The molecule has 2 rings (SSSR count). The average molecular weight is 488 g/mol. The minimum Gasteiger partial charge on any atom is -0.507 e. The standard InChI is InChI=1S/C27H38NO5P/c1-7-9-10-11-21-17-24(29)27(23-16-20(5)12-13-22(23)19(3)4)25(18-21)33-34(31,28-6)15-14-26(30)32-8-2/h12-13,16-18,29H,3,7-11,14-15H2,1-2,4-6H3,(H,28,31). The molecule has 0 aliphatic rings. The Morgan fingerprint density at radius 3 is 2.53 bits per heavy atom. The molecule has 0 amide bonds. The summed E-state index contributed by atoms with van der Waals surface area (Å²) in [6, 6.07) is 9.52. The fourth-order valence-electron chi connectivity index (χ4n) is 3.79. The highest BCUT2D eigenvalue weighted by atomic mass is 31.2. The van der Waals surface area contributed by atoms with Crippen LogP contribution in [0.4, 0.5) is 0 Å². The second kappa shape index (κ2) is 12.8. The molecule has 186 valence electrons. The number of rotatable bonds is 13. The summed E-state index contributed by atoms with van der Waals surface area (Å²) in [5.74, 6) is -0.0486. The first kappa shape index (κ1) is 27.7. The number of phenols is 1. The van der Waals surface area contributed by atoms with Crippen LogP contribution >= 0.6 is 7.52 Å². The zero-order valence-corrected chi connectivity index (χ0v) is 22.0. The third-order valence-corrected chi connectivity index (χ3v) is 7.60. The van der Waals surface area contributed by atoms with Gasteiger partial charge in [0.15, 0.2) is 0 Å². The van der Waals surface area contributed by atoms with Gasteiger partial charge in [-0.1, -0.05) is 55.7 Å². The van der Waals surface area contributed by atoms with Gasteiger partial charge in [-0.2, -0.15) is 0 Å². The number of hydrogen-bond donors (Lipinski definition) is 2. The number of unbranched alkanes of at least 4 members (excludes halogenated alkanes) is 2. The van der Waals surface area contributed by atoms with Crippen molar-refractivity contribution < 1.29 is 23.7 Å². The van der Waals surface area contributed by atoms with Crippen molar-refractivity contribution in [2.45, 2.75) is 59.8 Å². The number of hydrogen-bond acceptors (Lipinski definition) is 5. The van der Waals surface area contributed by atoms with Crippen LogP contribution in [0.1, 0.15) is 63.1 Å². The van der Waals surface area contributed by atoms with Crippen molar-refractivity contribution >= 4 is 19.1 Å². The number of aromatic hydroxyl groups is 1. The van der Waals surface area contributed by atoms with E-state index < -0.39 is 13.5 Å². The molecule has 1 atom stereocenters. The summed E-state index contributed by atoms with van der Waals surface area (Å²) >= 11 is 0. The van der Waals surface area contributed by atoms with Crippen LogP contribution in [0.2, 0.25) is 0 Å². The van der Waals surface area contributed by atoms with Crippen LogP contribution < -0.4 is 9.61 Å². The van der Waals surface area contributed by atoms with Gasteiger partial charge in [-0.3, -0.25) is 9.36 Å². The number of aryl methyl sites for hydroxylation is 2. The van der Waals surface area contributed by atoms with Crippen molar-refractivity contribution in [3.63, 3.8) is 0 Å². The van der Waals surface area contributed by atoms with Crippen LogP contribution in [0.25, 0.3) is 16.7 Å². The van der Waals surface area contributed by atoms with E-state index in [-0.39, 0.29) is 24.9 Å². The Balaban J connectivity index is 2.59. The second-order valence-electron chi connectivity index (χ2n) is 8.54. The van der Waals surface area contributed by atoms with Gasteiger partial charge >= 0.3 is 13.5 Å². The molecule has 0 fully saturated rings. The molecule has 2 aromatic carbocycles. The number of allylic oxidation sites excluding steroid dienone is 1. The molecule has 0 bridgehead atoms. The number of esters is 1. The van der Waals surface area contributed by atoms with Gasteiger partial charge in [-0.25, -0.2) is 5.09 Å². The Kier molecular flexibility index (Phi) is 10.4. The van der Waals surface area contributed by atoms with Crippen molar-refractivity contribution in [2.24, 2.45) is 0 Å². The lowest BCUT2D eigenvalue weighted by molar-refractivity contribution is -0.142. The van der Waals surface area contributed by atoms with E-state index in [1.165, 1.54) is 0 Å². The summed E-state index contributed by atoms with van der Waals surface area (Å²) in [7, 11) is -1.91. The van der Waals surface area contributed by atoms with Crippen LogP contribution in [0, 0.1) is 6.92 Å². The predicted molar refractivity (Wildman–Crippen MR) is 140 cm³/mol. The maximum atomic E-state index is 13.6. The van der Waals surface area contributed by atoms with Crippen molar-refractivity contribution in [1.29, 1.82) is 0 Å². The summed E-state index contributed by atoms with van der Waals surface area (Å²) in [6.07, 6.45) is 3.84. The highest BCUT2D eigenvalue weighted by Gasteiger charge is 2.28. The molecular weight excluding hydrogens is 449 g/mol. The Labute approximate surface area is 203 Å². The van der Waals surface area contributed by atoms with Crippen LogP contribution in [0.3, 0.4) is 0 Å². The Bertz CT molecular complexity index is 1060. The van der Waals surface area contributed by atoms with Gasteiger partial charge in [0.05, 0.1) is 24.8 Å². The first-order chi connectivity index (χ1) is 16.1. The second-order valence-corrected chi connectivity index (χ2v) is 11.0. The molecule has 7 heteroatoms. The van der Waals surface area contributed by atoms with E-state index >= 15 is 0 Å². The van der Waals surface area contributed by atoms with E-state index in [1.54, 1.807) is 20.0 Å². The molecule has 0 aliphatic heterocycles. The van der Waals surface area contributed by atoms with Crippen LogP contribution in [0.15, 0.2) is 36.9 Å². The summed E-state index contributed by atoms with van der Waals surface area (Å²) in [6.45, 7) is 12.1. The highest BCUT2D eigenvalue weighted by Crippen LogP contribution is 2.50. The van der Waals surface area contributed by atoms with Gasteiger partial charge < -0.3 is 14.4 Å². The first-order valence-corrected chi connectivity index (χ1v) is 13.7. The van der Waals surface area contributed by atoms with Crippen molar-refractivity contribution in [3.05, 3.63) is 53.6 Å². The normalized spacial score (nSPS) is 12.7. The lowest BCUT2D eigenvalue weighted by atomic mass is 9.91. The third kappa shape index (κ3) is 7.48. The highest BCUT2D eigenvalue weighted by molar-refractivity contribution is 7.57. The maximum absolute atomic E-state index is 13.6. The summed E-state index contributed by atoms with van der Waals surface area (Å²) in [5.41, 5.74) is 4.85. The van der Waals surface area contributed by atoms with Crippen molar-refractivity contribution in [1.82, 2.24) is 5.09 Å². The van der Waals surface area contributed by atoms with Gasteiger partial charge in [-0.05, 0) is 69.5 Å². The number of ether oxygens (including phenoxy) is 1. The van der Waals surface area contributed by atoms with E-state index in [2.05, 4.69) is 18.6 Å². The molecule has 1 unspecified atom stereocenters. The van der Waals surface area contributed by atoms with Gasteiger partial charge in [0.1, 0.15) is 11.5 Å². The van der Waals surface area contributed by atoms with Gasteiger partial charge in [0, 0.05) is 0 Å². The maximum Gasteiger partial charge on any atom is 0.316 e. The molecule has 0 spiro atoms. The third-order valence-electron chi connectivity index (χ3n) is 5.62. The minimum atomic E-state index is -3.45. The minimum absolute atomic E-state index is 0.0240. The molecule has 0 radical (unpaired) electrons. The lowest BCUT2D eigenvalue weighted by Crippen LogP contribution is -2.16. The van der Waals surface area contributed by atoms with E-state index in [0.29, 0.717) is 11.3 Å². The predicted octanol–water partition coefficient (Wildman–Crippen LogP) is 6.88. The van der Waals surface area contributed by atoms with Crippen LogP contribution in [-0.4, -0.2) is 30.9 Å². The fourth-order valence-corrected chi connectivity index (χ4v) is 5.14. The van der Waals surface area contributed by atoms with Crippen molar-refractivity contribution in [3.8, 4) is 22.6 Å². The van der Waals surface area contributed by atoms with Crippen molar-refractivity contribution in [2.75, 3.05) is 19.8 Å². The van der Waals surface area contributed by atoms with E-state index in [0.717, 1.165) is 53.5 Å². The summed E-state index contributed by atoms with van der Waals surface area (Å²) in [5, 5.41) is 13.9. The lowest BCUT2D eigenvalue weighted by Gasteiger charge is -2.23. The summed E-state index contributed by atoms with van der Waals surface area (Å²) < 4.78 is 24.7. The quantitative estimate of drug-likeness (QED) is 0.182. The molecular formula is C27H38NO5P. The molecule has 2 N–H and O–H groups in total. The molecule has 0 aliphatic carbocycles. The Morgan fingerprint density at radius 2 is 1.91 bits per heavy atom. The fraction of sp³-hybridized carbons (Fsp3) is 0.444. The zero-order chi connectivity index (χ0) is 25.3. The number of carbonyl (C=O) groups is 1. The molecule has 0 heterocycles. The van der Waals surface area contributed by atoms with E-state index in [1.807, 2.05) is 38.1 Å². The average Bonchev–Trinajstić information content (AvgIpc) is 2.78. The number of benzene rings is 2. The molecule has 0 saturated carbocycles. The monoisotopic (exact) mass is 487 g/mol. The largest absolute Gasteiger partial charge is 0.507 e. The SMILES string of the molecule is C=C(C)c1ccc(C)cc1-c1c(O)cc(CCCCC)cc1OP(=O)(CCC(=O)OCC)NC. The number of nitrogens with one attached hydrogen (secondary N) is 1. The van der Waals surface area contributed by atoms with Crippen LogP contribution in [0.5, 0.6) is 11.5 Å². The topological polar surface area (TPSA) is 84.9 Å². The number of phenolic OH excluding ortho intramolecular Hbond substituents is 1. The molecule has 0 saturated heterocycles. The Hall–Kier alpha value is -2.56. The Morgan fingerprint density at radius 1 is 1.18 bits per heavy atom. The molecule has 0 aromatic heterocycles. The molecule has 6 nitrogen and oxygen atoms in total. The van der Waals surface area contributed by atoms with E-state index in [4.69, 9.17) is 9.26 Å². The van der Waals surface area contributed by atoms with Crippen LogP contribution in [-0.2, 0) is 20.5 Å². The zero-order valence-electron chi connectivity index (χ0n) is 21.1. The van der Waals surface area contributed by atoms with Gasteiger partial charge in [0.25, 0.3) is 0 Å². The smallest absolute Gasteiger partial charge is 0.316 e. The number of carbonyl (C=O) groups excluding carboxylic acids is 1. The van der Waals surface area contributed by atoms with E-state index in [9.17, 15) is 14.5 Å². The van der Waals surface area contributed by atoms with Gasteiger partial charge in [0.2, 0.25) is 0 Å². The summed E-state index contributed by atoms with van der Waals surface area (Å²) in [4.78, 5) is 11.9.